The fraction of sp³-hybridized carbons (Fsp3) is 0.588. The molecule has 1 fully saturated rings. The van der Waals surface area contributed by atoms with Gasteiger partial charge >= 0.3 is 0 Å². The third-order valence-corrected chi connectivity index (χ3v) is 4.52. The van der Waals surface area contributed by atoms with Gasteiger partial charge in [0.15, 0.2) is 0 Å². The summed E-state index contributed by atoms with van der Waals surface area (Å²) in [4.78, 5) is 16.4. The number of morpholine rings is 1. The Bertz CT molecular complexity index is 513. The lowest BCUT2D eigenvalue weighted by molar-refractivity contribution is -0.144. The summed E-state index contributed by atoms with van der Waals surface area (Å²) in [6, 6.07) is 7.87. The molecule has 0 radical (unpaired) electrons. The van der Waals surface area contributed by atoms with E-state index in [0.29, 0.717) is 19.6 Å². The molecule has 2 rings (SSSR count). The first-order valence-electron chi connectivity index (χ1n) is 7.76. The summed E-state index contributed by atoms with van der Waals surface area (Å²) in [5.74, 6) is 0.142. The van der Waals surface area contributed by atoms with Crippen molar-refractivity contribution in [2.75, 3.05) is 26.7 Å². The van der Waals surface area contributed by atoms with Crippen LogP contribution in [0, 0.1) is 0 Å². The van der Waals surface area contributed by atoms with E-state index in [9.17, 15) is 4.79 Å². The van der Waals surface area contributed by atoms with Crippen LogP contribution in [0.4, 0.5) is 0 Å². The molecule has 5 heteroatoms. The number of carbonyl (C=O) groups is 1. The van der Waals surface area contributed by atoms with Crippen LogP contribution in [0.1, 0.15) is 32.4 Å². The maximum absolute atomic E-state index is 12.5. The van der Waals surface area contributed by atoms with Gasteiger partial charge in [0.25, 0.3) is 0 Å². The van der Waals surface area contributed by atoms with Gasteiger partial charge in [0.1, 0.15) is 0 Å². The molecular weight excluding hydrogens is 300 g/mol. The average Bonchev–Trinajstić information content (AvgIpc) is 2.46. The molecule has 0 spiro atoms. The van der Waals surface area contributed by atoms with Gasteiger partial charge in [-0.05, 0) is 39.4 Å². The summed E-state index contributed by atoms with van der Waals surface area (Å²) in [7, 11) is 1.96. The summed E-state index contributed by atoms with van der Waals surface area (Å²) < 4.78 is 5.68. The van der Waals surface area contributed by atoms with E-state index in [-0.39, 0.29) is 24.2 Å². The van der Waals surface area contributed by atoms with Crippen molar-refractivity contribution in [3.63, 3.8) is 0 Å². The van der Waals surface area contributed by atoms with Gasteiger partial charge in [-0.15, -0.1) is 0 Å². The molecule has 22 heavy (non-hydrogen) atoms. The highest BCUT2D eigenvalue weighted by Gasteiger charge is 2.27. The molecule has 4 nitrogen and oxygen atoms in total. The van der Waals surface area contributed by atoms with Crippen molar-refractivity contribution in [2.24, 2.45) is 0 Å². The van der Waals surface area contributed by atoms with Gasteiger partial charge < -0.3 is 9.64 Å². The van der Waals surface area contributed by atoms with Gasteiger partial charge in [-0.25, -0.2) is 0 Å². The Balaban J connectivity index is 1.97. The molecule has 1 aliphatic heterocycles. The number of nitrogens with zero attached hydrogens (tertiary/aromatic N) is 2. The fourth-order valence-electron chi connectivity index (χ4n) is 2.88. The molecule has 1 heterocycles. The van der Waals surface area contributed by atoms with Crippen LogP contribution in [0.3, 0.4) is 0 Å². The molecule has 1 amide bonds. The quantitative estimate of drug-likeness (QED) is 0.853. The van der Waals surface area contributed by atoms with Crippen LogP contribution < -0.4 is 0 Å². The molecule has 0 bridgehead atoms. The highest BCUT2D eigenvalue weighted by molar-refractivity contribution is 6.31. The van der Waals surface area contributed by atoms with Gasteiger partial charge in [0.05, 0.1) is 18.8 Å². The molecule has 3 atom stereocenters. The predicted octanol–water partition coefficient (Wildman–Crippen LogP) is 2.97. The van der Waals surface area contributed by atoms with Crippen molar-refractivity contribution in [3.05, 3.63) is 34.9 Å². The zero-order valence-corrected chi connectivity index (χ0v) is 14.5. The minimum Gasteiger partial charge on any atom is -0.372 e. The second-order valence-corrected chi connectivity index (χ2v) is 6.58. The van der Waals surface area contributed by atoms with Crippen LogP contribution in [0.25, 0.3) is 0 Å². The number of halogens is 1. The normalized spacial score (nSPS) is 23.6. The predicted molar refractivity (Wildman–Crippen MR) is 89.1 cm³/mol. The van der Waals surface area contributed by atoms with Crippen LogP contribution >= 0.6 is 11.6 Å². The van der Waals surface area contributed by atoms with E-state index in [4.69, 9.17) is 16.3 Å². The van der Waals surface area contributed by atoms with E-state index in [2.05, 4.69) is 6.92 Å². The molecule has 0 aliphatic carbocycles. The van der Waals surface area contributed by atoms with E-state index in [0.717, 1.165) is 10.6 Å². The summed E-state index contributed by atoms with van der Waals surface area (Å²) in [6.45, 7) is 7.79. The maximum atomic E-state index is 12.5. The van der Waals surface area contributed by atoms with Gasteiger partial charge in [0.2, 0.25) is 5.91 Å². The molecular formula is C17H25ClN2O2. The lowest BCUT2D eigenvalue weighted by atomic mass is 10.1. The number of carbonyl (C=O) groups excluding carboxylic acids is 1. The average molecular weight is 325 g/mol. The largest absolute Gasteiger partial charge is 0.372 e. The van der Waals surface area contributed by atoms with Crippen LogP contribution in [0.5, 0.6) is 0 Å². The van der Waals surface area contributed by atoms with E-state index < -0.39 is 0 Å². The Kier molecular flexibility index (Phi) is 5.84. The zero-order chi connectivity index (χ0) is 16.3. The van der Waals surface area contributed by atoms with Crippen molar-refractivity contribution in [3.8, 4) is 0 Å². The highest BCUT2D eigenvalue weighted by atomic mass is 35.5. The highest BCUT2D eigenvalue weighted by Crippen LogP contribution is 2.26. The number of rotatable bonds is 4. The molecule has 0 saturated carbocycles. The first-order chi connectivity index (χ1) is 10.4. The van der Waals surface area contributed by atoms with E-state index in [1.165, 1.54) is 0 Å². The smallest absolute Gasteiger partial charge is 0.236 e. The molecule has 1 aromatic carbocycles. The van der Waals surface area contributed by atoms with Gasteiger partial charge in [0, 0.05) is 24.2 Å². The Morgan fingerprint density at radius 1 is 1.36 bits per heavy atom. The van der Waals surface area contributed by atoms with Crippen LogP contribution in [-0.2, 0) is 9.53 Å². The lowest BCUT2D eigenvalue weighted by Crippen LogP contribution is -2.50. The van der Waals surface area contributed by atoms with Crippen molar-refractivity contribution >= 4 is 17.5 Å². The standard InChI is InChI=1S/C17H25ClN2O2/c1-12-9-20(10-13(2)22-12)17(21)11-19(4)14(3)15-7-5-6-8-16(15)18/h5-8,12-14H,9-11H2,1-4H3. The number of hydrogen-bond acceptors (Lipinski definition) is 3. The summed E-state index contributed by atoms with van der Waals surface area (Å²) in [5.41, 5.74) is 1.04. The topological polar surface area (TPSA) is 32.8 Å². The number of ether oxygens (including phenoxy) is 1. The van der Waals surface area contributed by atoms with E-state index in [1.807, 2.05) is 55.0 Å². The molecule has 3 unspecified atom stereocenters. The van der Waals surface area contributed by atoms with E-state index >= 15 is 0 Å². The second-order valence-electron chi connectivity index (χ2n) is 6.17. The Labute approximate surface area is 138 Å². The van der Waals surface area contributed by atoms with Gasteiger partial charge in [-0.2, -0.15) is 0 Å². The third kappa shape index (κ3) is 4.22. The third-order valence-electron chi connectivity index (χ3n) is 4.17. The maximum Gasteiger partial charge on any atom is 0.236 e. The number of hydrogen-bond donors (Lipinski definition) is 0. The van der Waals surface area contributed by atoms with Crippen LogP contribution in [0.2, 0.25) is 5.02 Å². The first kappa shape index (κ1) is 17.3. The first-order valence-corrected chi connectivity index (χ1v) is 8.14. The van der Waals surface area contributed by atoms with Gasteiger partial charge in [-0.1, -0.05) is 29.8 Å². The number of benzene rings is 1. The Hall–Kier alpha value is -1.10. The summed E-state index contributed by atoms with van der Waals surface area (Å²) >= 11 is 6.25. The monoisotopic (exact) mass is 324 g/mol. The van der Waals surface area contributed by atoms with Crippen LogP contribution in [0.15, 0.2) is 24.3 Å². The minimum absolute atomic E-state index is 0.0912. The summed E-state index contributed by atoms with van der Waals surface area (Å²) in [6.07, 6.45) is 0.193. The van der Waals surface area contributed by atoms with Crippen molar-refractivity contribution in [1.29, 1.82) is 0 Å². The Morgan fingerprint density at radius 3 is 2.55 bits per heavy atom. The van der Waals surface area contributed by atoms with Crippen molar-refractivity contribution in [1.82, 2.24) is 9.80 Å². The minimum atomic E-state index is 0.0912. The van der Waals surface area contributed by atoms with Crippen LogP contribution in [-0.4, -0.2) is 54.6 Å². The fourth-order valence-corrected chi connectivity index (χ4v) is 3.18. The molecule has 0 N–H and O–H groups in total. The van der Waals surface area contributed by atoms with Crippen molar-refractivity contribution < 1.29 is 9.53 Å². The molecule has 1 saturated heterocycles. The summed E-state index contributed by atoms with van der Waals surface area (Å²) in [5, 5.41) is 0.739. The second kappa shape index (κ2) is 7.44. The SMILES string of the molecule is CC1CN(C(=O)CN(C)C(C)c2ccccc2Cl)CC(C)O1. The zero-order valence-electron chi connectivity index (χ0n) is 13.8. The molecule has 1 aromatic rings. The van der Waals surface area contributed by atoms with E-state index in [1.54, 1.807) is 0 Å². The number of likely N-dealkylation sites (N-methyl/N-ethyl adjacent to an activating group) is 1. The lowest BCUT2D eigenvalue weighted by Gasteiger charge is -2.36. The number of amides is 1. The molecule has 122 valence electrons. The molecule has 1 aliphatic rings. The molecule has 0 aromatic heterocycles. The Morgan fingerprint density at radius 2 is 1.95 bits per heavy atom. The van der Waals surface area contributed by atoms with Crippen molar-refractivity contribution in [2.45, 2.75) is 39.0 Å². The van der Waals surface area contributed by atoms with Gasteiger partial charge in [-0.3, -0.25) is 9.69 Å².